The zero-order chi connectivity index (χ0) is 20.9. The quantitative estimate of drug-likeness (QED) is 0.226. The summed E-state index contributed by atoms with van der Waals surface area (Å²) >= 11 is 0. The van der Waals surface area contributed by atoms with Crippen LogP contribution in [0.4, 0.5) is 4.79 Å². The van der Waals surface area contributed by atoms with Crippen molar-refractivity contribution in [3.8, 4) is 0 Å². The van der Waals surface area contributed by atoms with E-state index < -0.39 is 26.6 Å². The third-order valence-corrected chi connectivity index (χ3v) is 11.5. The van der Waals surface area contributed by atoms with Gasteiger partial charge in [0.2, 0.25) is 8.32 Å². The Morgan fingerprint density at radius 3 is 2.07 bits per heavy atom. The smallest absolute Gasteiger partial charge is 0.417 e. The Hall–Kier alpha value is -1.40. The van der Waals surface area contributed by atoms with Crippen molar-refractivity contribution in [2.24, 2.45) is 0 Å². The lowest BCUT2D eigenvalue weighted by Crippen LogP contribution is -2.70. The average molecular weight is 396 g/mol. The molecule has 1 aliphatic heterocycles. The summed E-state index contributed by atoms with van der Waals surface area (Å²) in [7, 11) is -2.23. The first-order chi connectivity index (χ1) is 12.5. The van der Waals surface area contributed by atoms with E-state index in [0.717, 1.165) is 5.57 Å². The number of ether oxygens (including phenoxy) is 1. The molecule has 1 saturated heterocycles. The number of rotatable bonds is 9. The van der Waals surface area contributed by atoms with Gasteiger partial charge in [0.15, 0.2) is 0 Å². The van der Waals surface area contributed by atoms with Gasteiger partial charge in [-0.3, -0.25) is 4.79 Å². The van der Waals surface area contributed by atoms with Crippen molar-refractivity contribution < 1.29 is 18.8 Å². The maximum Gasteiger partial charge on any atom is 0.417 e. The van der Waals surface area contributed by atoms with Crippen LogP contribution in [-0.2, 0) is 14.0 Å². The monoisotopic (exact) mass is 395 g/mol. The van der Waals surface area contributed by atoms with Crippen LogP contribution in [0.1, 0.15) is 61.8 Å². The zero-order valence-corrected chi connectivity index (χ0v) is 19.2. The fourth-order valence-electron chi connectivity index (χ4n) is 4.25. The molecule has 0 spiro atoms. The predicted molar refractivity (Wildman–Crippen MR) is 112 cm³/mol. The first-order valence-electron chi connectivity index (χ1n) is 9.94. The summed E-state index contributed by atoms with van der Waals surface area (Å²) in [5.74, 6) is -0.292. The highest BCUT2D eigenvalue weighted by Crippen LogP contribution is 2.45. The Kier molecular flexibility index (Phi) is 8.48. The number of hydrogen-bond donors (Lipinski definition) is 0. The number of carbonyl (C=O) groups excluding carboxylic acids is 2. The number of likely N-dealkylation sites (tertiary alicyclic amines) is 1. The number of carbonyl (C=O) groups is 2. The first-order valence-corrected chi connectivity index (χ1v) is 12.1. The fourth-order valence-corrected chi connectivity index (χ4v) is 9.74. The third kappa shape index (κ3) is 4.91. The molecule has 6 heteroatoms. The molecule has 0 radical (unpaired) electrons. The number of allylic oxidation sites excluding steroid dienone is 1. The summed E-state index contributed by atoms with van der Waals surface area (Å²) in [6, 6.07) is -0.401. The highest BCUT2D eigenvalue weighted by Gasteiger charge is 2.57. The maximum atomic E-state index is 12.8. The van der Waals surface area contributed by atoms with Crippen LogP contribution in [0.5, 0.6) is 0 Å². The molecule has 0 saturated carbocycles. The minimum atomic E-state index is -2.23. The standard InChI is InChI=1S/C21H37NO4Si/c1-10-11-12-25-21(24)22-18(13-14(2)3)19(20(22)23)26-27(15(4)5,16(6)7)17(8)9/h10,13,15-19H,1,11-12H2,2-9H3/t18-,19+/m0/s1. The molecule has 0 bridgehead atoms. The molecule has 2 amide bonds. The van der Waals surface area contributed by atoms with Crippen molar-refractivity contribution in [3.05, 3.63) is 24.3 Å². The number of imide groups is 1. The van der Waals surface area contributed by atoms with Crippen LogP contribution >= 0.6 is 0 Å². The van der Waals surface area contributed by atoms with E-state index in [-0.39, 0.29) is 12.5 Å². The summed E-state index contributed by atoms with van der Waals surface area (Å²) in [4.78, 5) is 26.4. The van der Waals surface area contributed by atoms with Crippen LogP contribution < -0.4 is 0 Å². The number of hydrogen-bond acceptors (Lipinski definition) is 4. The number of amides is 2. The molecule has 0 aliphatic carbocycles. The molecule has 27 heavy (non-hydrogen) atoms. The van der Waals surface area contributed by atoms with Gasteiger partial charge in [-0.2, -0.15) is 0 Å². The molecule has 0 aromatic heterocycles. The van der Waals surface area contributed by atoms with Crippen LogP contribution in [0.3, 0.4) is 0 Å². The van der Waals surface area contributed by atoms with Gasteiger partial charge in [-0.05, 0) is 36.9 Å². The van der Waals surface area contributed by atoms with E-state index >= 15 is 0 Å². The first kappa shape index (κ1) is 23.6. The van der Waals surface area contributed by atoms with Gasteiger partial charge in [-0.25, -0.2) is 9.69 Å². The highest BCUT2D eigenvalue weighted by atomic mass is 28.4. The van der Waals surface area contributed by atoms with Crippen molar-refractivity contribution >= 4 is 20.3 Å². The molecule has 0 aromatic rings. The second-order valence-corrected chi connectivity index (χ2v) is 13.9. The average Bonchev–Trinajstić information content (AvgIpc) is 2.53. The van der Waals surface area contributed by atoms with Crippen molar-refractivity contribution in [1.82, 2.24) is 4.90 Å². The molecular formula is C21H37NO4Si. The van der Waals surface area contributed by atoms with E-state index in [2.05, 4.69) is 48.1 Å². The van der Waals surface area contributed by atoms with Gasteiger partial charge >= 0.3 is 6.09 Å². The van der Waals surface area contributed by atoms with E-state index in [1.165, 1.54) is 4.90 Å². The normalized spacial score (nSPS) is 20.1. The minimum Gasteiger partial charge on any atom is -0.449 e. The maximum absolute atomic E-state index is 12.8. The fraction of sp³-hybridized carbons (Fsp3) is 0.714. The Bertz CT molecular complexity index is 557. The summed E-state index contributed by atoms with van der Waals surface area (Å²) in [6.45, 7) is 20.9. The Morgan fingerprint density at radius 1 is 1.15 bits per heavy atom. The molecule has 1 fully saturated rings. The van der Waals surface area contributed by atoms with Gasteiger partial charge in [-0.1, -0.05) is 59.3 Å². The van der Waals surface area contributed by atoms with Gasteiger partial charge in [-0.15, -0.1) is 6.58 Å². The molecular weight excluding hydrogens is 358 g/mol. The molecule has 5 nitrogen and oxygen atoms in total. The summed E-state index contributed by atoms with van der Waals surface area (Å²) in [5, 5.41) is 0. The lowest BCUT2D eigenvalue weighted by atomic mass is 9.97. The van der Waals surface area contributed by atoms with E-state index in [1.807, 2.05) is 19.9 Å². The van der Waals surface area contributed by atoms with E-state index in [9.17, 15) is 9.59 Å². The second-order valence-electron chi connectivity index (χ2n) is 8.49. The Labute approximate surface area is 165 Å². The van der Waals surface area contributed by atoms with Crippen molar-refractivity contribution in [2.75, 3.05) is 6.61 Å². The number of β-lactam (4-membered cyclic amide) rings is 1. The molecule has 1 rings (SSSR count). The molecule has 0 unspecified atom stereocenters. The number of nitrogens with zero attached hydrogens (tertiary/aromatic N) is 1. The molecule has 154 valence electrons. The second kappa shape index (κ2) is 9.69. The van der Waals surface area contributed by atoms with Crippen LogP contribution in [0, 0.1) is 0 Å². The van der Waals surface area contributed by atoms with E-state index in [1.54, 1.807) is 6.08 Å². The van der Waals surface area contributed by atoms with Gasteiger partial charge in [0.1, 0.15) is 6.10 Å². The SMILES string of the molecule is C=CCCOC(=O)N1C(=O)[C@H](O[Si](C(C)C)(C(C)C)C(C)C)[C@@H]1C=C(C)C. The molecule has 0 N–H and O–H groups in total. The van der Waals surface area contributed by atoms with Gasteiger partial charge < -0.3 is 9.16 Å². The summed E-state index contributed by atoms with van der Waals surface area (Å²) in [6.07, 6.45) is 2.96. The zero-order valence-electron chi connectivity index (χ0n) is 18.2. The van der Waals surface area contributed by atoms with Crippen molar-refractivity contribution in [1.29, 1.82) is 0 Å². The van der Waals surface area contributed by atoms with E-state index in [0.29, 0.717) is 23.0 Å². The highest BCUT2D eigenvalue weighted by molar-refractivity contribution is 6.77. The molecule has 0 aromatic carbocycles. The van der Waals surface area contributed by atoms with Crippen LogP contribution in [0.2, 0.25) is 16.6 Å². The van der Waals surface area contributed by atoms with E-state index in [4.69, 9.17) is 9.16 Å². The molecule has 1 aliphatic rings. The molecule has 2 atom stereocenters. The predicted octanol–water partition coefficient (Wildman–Crippen LogP) is 5.44. The topological polar surface area (TPSA) is 55.8 Å². The Morgan fingerprint density at radius 2 is 1.67 bits per heavy atom. The van der Waals surface area contributed by atoms with Gasteiger partial charge in [0.25, 0.3) is 5.91 Å². The lowest BCUT2D eigenvalue weighted by molar-refractivity contribution is -0.156. The van der Waals surface area contributed by atoms with Gasteiger partial charge in [0.05, 0.1) is 12.6 Å². The van der Waals surface area contributed by atoms with Crippen molar-refractivity contribution in [2.45, 2.75) is 90.6 Å². The van der Waals surface area contributed by atoms with Gasteiger partial charge in [0, 0.05) is 0 Å². The molecule has 1 heterocycles. The van der Waals surface area contributed by atoms with Crippen LogP contribution in [0.15, 0.2) is 24.3 Å². The van der Waals surface area contributed by atoms with Crippen molar-refractivity contribution in [3.63, 3.8) is 0 Å². The van der Waals surface area contributed by atoms with Crippen LogP contribution in [0.25, 0.3) is 0 Å². The lowest BCUT2D eigenvalue weighted by Gasteiger charge is -2.51. The largest absolute Gasteiger partial charge is 0.449 e. The minimum absolute atomic E-state index is 0.224. The summed E-state index contributed by atoms with van der Waals surface area (Å²) < 4.78 is 11.9. The summed E-state index contributed by atoms with van der Waals surface area (Å²) in [5.41, 5.74) is 2.14. The van der Waals surface area contributed by atoms with Crippen LogP contribution in [-0.4, -0.2) is 44.0 Å². The Balaban J connectivity index is 3.12. The third-order valence-electron chi connectivity index (χ3n) is 5.38.